The zero-order valence-corrected chi connectivity index (χ0v) is 17.5. The lowest BCUT2D eigenvalue weighted by molar-refractivity contribution is -0.138. The Kier molecular flexibility index (Phi) is 5.12. The van der Waals surface area contributed by atoms with Crippen molar-refractivity contribution < 1.29 is 18.3 Å². The number of aryl methyl sites for hydroxylation is 2. The van der Waals surface area contributed by atoms with Crippen LogP contribution in [-0.2, 0) is 21.2 Å². The van der Waals surface area contributed by atoms with Gasteiger partial charge in [-0.15, -0.1) is 0 Å². The number of fused-ring (bicyclic) bond motifs is 1. The third kappa shape index (κ3) is 3.65. The van der Waals surface area contributed by atoms with Crippen LogP contribution in [0.4, 0.5) is 5.69 Å². The first-order valence-electron chi connectivity index (χ1n) is 9.96. The van der Waals surface area contributed by atoms with E-state index in [0.717, 1.165) is 11.3 Å². The van der Waals surface area contributed by atoms with Crippen molar-refractivity contribution >= 4 is 21.7 Å². The quantitative estimate of drug-likeness (QED) is 0.832. The van der Waals surface area contributed by atoms with Gasteiger partial charge in [0.2, 0.25) is 10.0 Å². The number of benzene rings is 2. The van der Waals surface area contributed by atoms with Crippen LogP contribution in [0.25, 0.3) is 0 Å². The Morgan fingerprint density at radius 3 is 2.48 bits per heavy atom. The predicted molar refractivity (Wildman–Crippen MR) is 112 cm³/mol. The molecule has 1 aliphatic heterocycles. The molecule has 1 N–H and O–H groups in total. The van der Waals surface area contributed by atoms with Crippen molar-refractivity contribution in [3.63, 3.8) is 0 Å². The summed E-state index contributed by atoms with van der Waals surface area (Å²) in [5.41, 5.74) is 3.87. The Bertz CT molecular complexity index is 1030. The third-order valence-electron chi connectivity index (χ3n) is 6.09. The van der Waals surface area contributed by atoms with Crippen LogP contribution < -0.4 is 4.90 Å². The molecule has 1 fully saturated rings. The fraction of sp³-hybridized carbons (Fsp3) is 0.409. The summed E-state index contributed by atoms with van der Waals surface area (Å²) in [5, 5.41) is 9.43. The van der Waals surface area contributed by atoms with E-state index >= 15 is 0 Å². The first-order valence-corrected chi connectivity index (χ1v) is 11.4. The molecule has 7 heteroatoms. The molecule has 0 radical (unpaired) electrons. The maximum absolute atomic E-state index is 13.3. The molecular formula is C22H26N2O4S. The number of carboxylic acid groups (broad SMARTS) is 1. The van der Waals surface area contributed by atoms with Gasteiger partial charge < -0.3 is 10.0 Å². The van der Waals surface area contributed by atoms with Crippen LogP contribution in [0.2, 0.25) is 0 Å². The van der Waals surface area contributed by atoms with Gasteiger partial charge in [-0.25, -0.2) is 8.42 Å². The second-order valence-electron chi connectivity index (χ2n) is 8.03. The lowest BCUT2D eigenvalue weighted by atomic mass is 10.0. The van der Waals surface area contributed by atoms with Gasteiger partial charge in [-0.05, 0) is 62.1 Å². The molecular weight excluding hydrogens is 388 g/mol. The normalized spacial score (nSPS) is 22.5. The van der Waals surface area contributed by atoms with Crippen LogP contribution in [0.15, 0.2) is 47.4 Å². The lowest BCUT2D eigenvalue weighted by Gasteiger charge is -2.40. The topological polar surface area (TPSA) is 77.9 Å². The molecule has 6 nitrogen and oxygen atoms in total. The van der Waals surface area contributed by atoms with Crippen LogP contribution in [0.5, 0.6) is 0 Å². The molecule has 154 valence electrons. The number of sulfonamides is 1. The minimum atomic E-state index is -3.66. The number of nitrogens with zero attached hydrogens (tertiary/aromatic N) is 2. The van der Waals surface area contributed by atoms with Crippen LogP contribution >= 0.6 is 0 Å². The van der Waals surface area contributed by atoms with Gasteiger partial charge in [0.1, 0.15) is 0 Å². The maximum Gasteiger partial charge on any atom is 0.310 e. The van der Waals surface area contributed by atoms with Crippen LogP contribution in [0, 0.1) is 6.92 Å². The fourth-order valence-electron chi connectivity index (χ4n) is 4.41. The van der Waals surface area contributed by atoms with Crippen molar-refractivity contribution in [3.8, 4) is 0 Å². The van der Waals surface area contributed by atoms with Crippen LogP contribution in [0.1, 0.15) is 36.0 Å². The smallest absolute Gasteiger partial charge is 0.310 e. The fourth-order valence-corrected chi connectivity index (χ4v) is 5.96. The van der Waals surface area contributed by atoms with Crippen molar-refractivity contribution in [1.29, 1.82) is 0 Å². The Balaban J connectivity index is 1.56. The molecule has 1 saturated heterocycles. The van der Waals surface area contributed by atoms with Gasteiger partial charge in [0.05, 0.1) is 10.8 Å². The second kappa shape index (κ2) is 7.46. The molecule has 1 aliphatic carbocycles. The van der Waals surface area contributed by atoms with E-state index in [-0.39, 0.29) is 10.9 Å². The van der Waals surface area contributed by atoms with E-state index in [9.17, 15) is 18.3 Å². The molecule has 1 unspecified atom stereocenters. The molecule has 1 heterocycles. The zero-order valence-electron chi connectivity index (χ0n) is 16.7. The van der Waals surface area contributed by atoms with Gasteiger partial charge in [0, 0.05) is 31.4 Å². The van der Waals surface area contributed by atoms with Gasteiger partial charge in [-0.1, -0.05) is 23.8 Å². The molecule has 0 saturated carbocycles. The van der Waals surface area contributed by atoms with E-state index in [1.807, 2.05) is 13.8 Å². The van der Waals surface area contributed by atoms with Gasteiger partial charge in [-0.3, -0.25) is 4.79 Å². The average molecular weight is 415 g/mol. The van der Waals surface area contributed by atoms with E-state index in [1.165, 1.54) is 9.87 Å². The number of aliphatic carboxylic acids is 1. The van der Waals surface area contributed by atoms with Crippen molar-refractivity contribution in [2.75, 3.05) is 24.5 Å². The van der Waals surface area contributed by atoms with Crippen LogP contribution in [-0.4, -0.2) is 49.5 Å². The molecule has 2 atom stereocenters. The highest BCUT2D eigenvalue weighted by Gasteiger charge is 2.35. The number of carbonyl (C=O) groups is 1. The minimum absolute atomic E-state index is 0.0439. The SMILES string of the molecule is Cc1ccc(N2CCN(S(=O)(=O)c3ccc4c(c3)C(C(=O)O)CC4)C[C@@H]2C)cc1. The van der Waals surface area contributed by atoms with Crippen molar-refractivity contribution in [2.45, 2.75) is 43.5 Å². The van der Waals surface area contributed by atoms with Crippen molar-refractivity contribution in [3.05, 3.63) is 59.2 Å². The molecule has 2 aliphatic rings. The number of hydrogen-bond donors (Lipinski definition) is 1. The summed E-state index contributed by atoms with van der Waals surface area (Å²) in [4.78, 5) is 13.9. The molecule has 0 spiro atoms. The number of rotatable bonds is 4. The van der Waals surface area contributed by atoms with Crippen LogP contribution in [0.3, 0.4) is 0 Å². The summed E-state index contributed by atoms with van der Waals surface area (Å²) in [5.74, 6) is -1.50. The molecule has 2 aromatic rings. The second-order valence-corrected chi connectivity index (χ2v) is 9.97. The van der Waals surface area contributed by atoms with E-state index in [2.05, 4.69) is 29.2 Å². The standard InChI is InChI=1S/C22H26N2O4S/c1-15-3-7-18(8-4-15)24-12-11-23(14-16(24)2)29(27,28)19-9-5-17-6-10-20(22(25)26)21(17)13-19/h3-5,7-9,13,16,20H,6,10-12,14H2,1-2H3,(H,25,26)/t16-,20?/m0/s1. The molecule has 0 amide bonds. The summed E-state index contributed by atoms with van der Waals surface area (Å²) in [6.07, 6.45) is 1.21. The highest BCUT2D eigenvalue weighted by Crippen LogP contribution is 2.35. The van der Waals surface area contributed by atoms with Gasteiger partial charge in [0.15, 0.2) is 0 Å². The monoisotopic (exact) mass is 414 g/mol. The van der Waals surface area contributed by atoms with Crippen molar-refractivity contribution in [1.82, 2.24) is 4.31 Å². The summed E-state index contributed by atoms with van der Waals surface area (Å²) >= 11 is 0. The first kappa shape index (κ1) is 19.9. The van der Waals surface area contributed by atoms with E-state index in [1.54, 1.807) is 18.2 Å². The van der Waals surface area contributed by atoms with Crippen molar-refractivity contribution in [2.24, 2.45) is 0 Å². The Morgan fingerprint density at radius 1 is 1.10 bits per heavy atom. The lowest BCUT2D eigenvalue weighted by Crippen LogP contribution is -2.53. The van der Waals surface area contributed by atoms with E-state index < -0.39 is 21.9 Å². The molecule has 0 aromatic heterocycles. The van der Waals surface area contributed by atoms with Gasteiger partial charge in [-0.2, -0.15) is 4.31 Å². The number of piperazine rings is 1. The Labute approximate surface area is 171 Å². The molecule has 0 bridgehead atoms. The number of carboxylic acids is 1. The minimum Gasteiger partial charge on any atom is -0.481 e. The largest absolute Gasteiger partial charge is 0.481 e. The highest BCUT2D eigenvalue weighted by molar-refractivity contribution is 7.89. The summed E-state index contributed by atoms with van der Waals surface area (Å²) in [7, 11) is -3.66. The number of anilines is 1. The average Bonchev–Trinajstić information content (AvgIpc) is 3.12. The van der Waals surface area contributed by atoms with E-state index in [0.29, 0.717) is 38.0 Å². The van der Waals surface area contributed by atoms with Gasteiger partial charge >= 0.3 is 5.97 Å². The Morgan fingerprint density at radius 2 is 1.83 bits per heavy atom. The third-order valence-corrected chi connectivity index (χ3v) is 7.95. The molecule has 29 heavy (non-hydrogen) atoms. The number of hydrogen-bond acceptors (Lipinski definition) is 4. The summed E-state index contributed by atoms with van der Waals surface area (Å²) in [6, 6.07) is 13.3. The first-order chi connectivity index (χ1) is 13.8. The maximum atomic E-state index is 13.3. The highest BCUT2D eigenvalue weighted by atomic mass is 32.2. The predicted octanol–water partition coefficient (Wildman–Crippen LogP) is 3.01. The Hall–Kier alpha value is -2.38. The summed E-state index contributed by atoms with van der Waals surface area (Å²) < 4.78 is 28.0. The molecule has 2 aromatic carbocycles. The zero-order chi connectivity index (χ0) is 20.8. The van der Waals surface area contributed by atoms with E-state index in [4.69, 9.17) is 0 Å². The summed E-state index contributed by atoms with van der Waals surface area (Å²) in [6.45, 7) is 5.50. The molecule has 4 rings (SSSR count). The van der Waals surface area contributed by atoms with Gasteiger partial charge in [0.25, 0.3) is 0 Å².